The third-order valence-corrected chi connectivity index (χ3v) is 3.32. The van der Waals surface area contributed by atoms with Gasteiger partial charge in [0, 0.05) is 24.1 Å². The average molecular weight is 335 g/mol. The number of aromatic nitrogens is 3. The molecule has 102 valence electrons. The first kappa shape index (κ1) is 13.9. The number of hydrogen-bond acceptors (Lipinski definition) is 3. The van der Waals surface area contributed by atoms with Crippen molar-refractivity contribution in [1.29, 1.82) is 0 Å². The Kier molecular flexibility index (Phi) is 3.53. The van der Waals surface area contributed by atoms with Crippen molar-refractivity contribution in [2.75, 3.05) is 12.4 Å². The van der Waals surface area contributed by atoms with E-state index in [9.17, 15) is 13.2 Å². The van der Waals surface area contributed by atoms with Gasteiger partial charge in [0.25, 0.3) is 0 Å². The van der Waals surface area contributed by atoms with Gasteiger partial charge in [-0.3, -0.25) is 4.57 Å². The van der Waals surface area contributed by atoms with Crippen molar-refractivity contribution < 1.29 is 13.2 Å². The molecule has 0 radical (unpaired) electrons. The van der Waals surface area contributed by atoms with E-state index in [2.05, 4.69) is 31.4 Å². The average Bonchev–Trinajstić information content (AvgIpc) is 2.69. The second kappa shape index (κ2) is 4.84. The van der Waals surface area contributed by atoms with Crippen LogP contribution in [0.3, 0.4) is 0 Å². The van der Waals surface area contributed by atoms with Crippen LogP contribution in [-0.2, 0) is 13.2 Å². The van der Waals surface area contributed by atoms with Gasteiger partial charge in [-0.15, -0.1) is 10.2 Å². The molecular weight excluding hydrogens is 325 g/mol. The van der Waals surface area contributed by atoms with E-state index in [1.165, 1.54) is 6.07 Å². The highest BCUT2D eigenvalue weighted by molar-refractivity contribution is 9.10. The van der Waals surface area contributed by atoms with Gasteiger partial charge >= 0.3 is 6.18 Å². The molecule has 0 atom stereocenters. The number of hydrogen-bond donors (Lipinski definition) is 1. The van der Waals surface area contributed by atoms with Crippen LogP contribution in [0.2, 0.25) is 0 Å². The second-order valence-corrected chi connectivity index (χ2v) is 4.70. The summed E-state index contributed by atoms with van der Waals surface area (Å²) < 4.78 is 40.3. The smallest absolute Gasteiger partial charge is 0.357 e. The summed E-state index contributed by atoms with van der Waals surface area (Å²) in [5.41, 5.74) is -0.383. The number of nitrogens with one attached hydrogen (secondary N) is 1. The van der Waals surface area contributed by atoms with E-state index < -0.39 is 11.7 Å². The highest BCUT2D eigenvalue weighted by Gasteiger charge is 2.31. The first-order valence-corrected chi connectivity index (χ1v) is 6.08. The molecule has 2 aromatic rings. The molecule has 1 heterocycles. The number of halogens is 4. The Morgan fingerprint density at radius 2 is 1.95 bits per heavy atom. The fraction of sp³-hybridized carbons (Fsp3) is 0.273. The predicted molar refractivity (Wildman–Crippen MR) is 68.7 cm³/mol. The Morgan fingerprint density at radius 3 is 2.47 bits per heavy atom. The van der Waals surface area contributed by atoms with Gasteiger partial charge in [-0.1, -0.05) is 15.9 Å². The molecule has 0 spiro atoms. The highest BCUT2D eigenvalue weighted by atomic mass is 79.9. The fourth-order valence-electron chi connectivity index (χ4n) is 1.65. The molecule has 0 aliphatic rings. The summed E-state index contributed by atoms with van der Waals surface area (Å²) in [4.78, 5) is 0. The monoisotopic (exact) mass is 334 g/mol. The molecule has 8 heteroatoms. The Balaban J connectivity index is 2.58. The summed E-state index contributed by atoms with van der Waals surface area (Å²) in [6.07, 6.45) is -4.39. The van der Waals surface area contributed by atoms with E-state index in [0.29, 0.717) is 21.8 Å². The quantitative estimate of drug-likeness (QED) is 0.916. The molecule has 0 fully saturated rings. The maximum Gasteiger partial charge on any atom is 0.416 e. The number of nitrogens with zero attached hydrogens (tertiary/aromatic N) is 3. The van der Waals surface area contributed by atoms with Crippen LogP contribution in [0.25, 0.3) is 11.4 Å². The zero-order chi connectivity index (χ0) is 14.2. The van der Waals surface area contributed by atoms with Crippen LogP contribution < -0.4 is 5.32 Å². The Morgan fingerprint density at radius 1 is 1.26 bits per heavy atom. The zero-order valence-corrected chi connectivity index (χ0v) is 11.7. The van der Waals surface area contributed by atoms with E-state index in [0.717, 1.165) is 12.1 Å². The molecule has 0 bridgehead atoms. The summed E-state index contributed by atoms with van der Waals surface area (Å²) in [5, 5.41) is 10.5. The van der Waals surface area contributed by atoms with E-state index in [1.807, 2.05) is 0 Å². The molecule has 1 aromatic carbocycles. The number of anilines is 1. The van der Waals surface area contributed by atoms with Crippen molar-refractivity contribution in [1.82, 2.24) is 14.8 Å². The largest absolute Gasteiger partial charge is 0.416 e. The summed E-state index contributed by atoms with van der Waals surface area (Å²) >= 11 is 3.23. The van der Waals surface area contributed by atoms with Crippen LogP contribution in [0.15, 0.2) is 22.7 Å². The van der Waals surface area contributed by atoms with Crippen molar-refractivity contribution in [2.24, 2.45) is 7.05 Å². The molecule has 19 heavy (non-hydrogen) atoms. The lowest BCUT2D eigenvalue weighted by molar-refractivity contribution is -0.137. The minimum atomic E-state index is -4.39. The van der Waals surface area contributed by atoms with Gasteiger partial charge in [-0.05, 0) is 18.2 Å². The van der Waals surface area contributed by atoms with E-state index in [1.54, 1.807) is 18.7 Å². The Hall–Kier alpha value is -1.57. The maximum absolute atomic E-state index is 12.7. The molecule has 0 aliphatic carbocycles. The van der Waals surface area contributed by atoms with Crippen LogP contribution in [0.1, 0.15) is 5.56 Å². The molecule has 4 nitrogen and oxygen atoms in total. The summed E-state index contributed by atoms with van der Waals surface area (Å²) in [6, 6.07) is 3.42. The van der Waals surface area contributed by atoms with Gasteiger partial charge in [0.1, 0.15) is 0 Å². The van der Waals surface area contributed by atoms with Crippen LogP contribution >= 0.6 is 15.9 Å². The molecule has 1 N–H and O–H groups in total. The van der Waals surface area contributed by atoms with Crippen LogP contribution in [-0.4, -0.2) is 21.8 Å². The van der Waals surface area contributed by atoms with Crippen molar-refractivity contribution in [3.05, 3.63) is 28.2 Å². The summed E-state index contributed by atoms with van der Waals surface area (Å²) in [7, 11) is 3.34. The SMILES string of the molecule is CNc1nnc(-c2cc(C(F)(F)F)ccc2Br)n1C. The molecule has 0 saturated carbocycles. The van der Waals surface area contributed by atoms with Gasteiger partial charge < -0.3 is 5.32 Å². The van der Waals surface area contributed by atoms with Crippen molar-refractivity contribution in [3.8, 4) is 11.4 Å². The standard InChI is InChI=1S/C11H10BrF3N4/c1-16-10-18-17-9(19(10)2)7-5-6(11(13,14)15)3-4-8(7)12/h3-5H,1-2H3,(H,16,18). The van der Waals surface area contributed by atoms with E-state index in [4.69, 9.17) is 0 Å². The number of rotatable bonds is 2. The van der Waals surface area contributed by atoms with E-state index in [-0.39, 0.29) is 0 Å². The Bertz CT molecular complexity index is 606. The molecule has 2 rings (SSSR count). The topological polar surface area (TPSA) is 42.7 Å². The van der Waals surface area contributed by atoms with Crippen LogP contribution in [0.4, 0.5) is 19.1 Å². The number of alkyl halides is 3. The Labute approximate surface area is 115 Å². The number of benzene rings is 1. The lowest BCUT2D eigenvalue weighted by Gasteiger charge is -2.10. The maximum atomic E-state index is 12.7. The summed E-state index contributed by atoms with van der Waals surface area (Å²) in [5.74, 6) is 0.821. The lowest BCUT2D eigenvalue weighted by Crippen LogP contribution is -2.06. The lowest BCUT2D eigenvalue weighted by atomic mass is 10.1. The van der Waals surface area contributed by atoms with Crippen molar-refractivity contribution in [3.63, 3.8) is 0 Å². The van der Waals surface area contributed by atoms with Gasteiger partial charge in [-0.2, -0.15) is 13.2 Å². The van der Waals surface area contributed by atoms with Gasteiger partial charge in [0.15, 0.2) is 5.82 Å². The molecule has 0 saturated heterocycles. The highest BCUT2D eigenvalue weighted by Crippen LogP contribution is 2.35. The normalized spacial score (nSPS) is 11.7. The van der Waals surface area contributed by atoms with Gasteiger partial charge in [-0.25, -0.2) is 0 Å². The second-order valence-electron chi connectivity index (χ2n) is 3.85. The van der Waals surface area contributed by atoms with Gasteiger partial charge in [0.05, 0.1) is 5.56 Å². The minimum Gasteiger partial charge on any atom is -0.357 e. The third kappa shape index (κ3) is 2.58. The molecule has 0 unspecified atom stereocenters. The minimum absolute atomic E-state index is 0.339. The van der Waals surface area contributed by atoms with E-state index >= 15 is 0 Å². The fourth-order valence-corrected chi connectivity index (χ4v) is 2.08. The van der Waals surface area contributed by atoms with Crippen LogP contribution in [0.5, 0.6) is 0 Å². The zero-order valence-electron chi connectivity index (χ0n) is 10.1. The van der Waals surface area contributed by atoms with Crippen molar-refractivity contribution in [2.45, 2.75) is 6.18 Å². The molecular formula is C11H10BrF3N4. The van der Waals surface area contributed by atoms with Crippen LogP contribution in [0, 0.1) is 0 Å². The third-order valence-electron chi connectivity index (χ3n) is 2.63. The summed E-state index contributed by atoms with van der Waals surface area (Å²) in [6.45, 7) is 0. The van der Waals surface area contributed by atoms with Gasteiger partial charge in [0.2, 0.25) is 5.95 Å². The predicted octanol–water partition coefficient (Wildman–Crippen LogP) is 3.31. The van der Waals surface area contributed by atoms with Crippen molar-refractivity contribution >= 4 is 21.9 Å². The first-order chi connectivity index (χ1) is 8.84. The molecule has 1 aromatic heterocycles. The molecule has 0 aliphatic heterocycles. The first-order valence-electron chi connectivity index (χ1n) is 5.29. The molecule has 0 amide bonds.